The number of amides is 1. The van der Waals surface area contributed by atoms with Gasteiger partial charge in [0.25, 0.3) is 0 Å². The quantitative estimate of drug-likeness (QED) is 0.655. The summed E-state index contributed by atoms with van der Waals surface area (Å²) in [6.07, 6.45) is 2.28. The molecule has 6 heteroatoms. The summed E-state index contributed by atoms with van der Waals surface area (Å²) in [6.45, 7) is 4.48. The highest BCUT2D eigenvalue weighted by molar-refractivity contribution is 5.94. The zero-order valence-corrected chi connectivity index (χ0v) is 16.9. The van der Waals surface area contributed by atoms with Gasteiger partial charge < -0.3 is 14.4 Å². The van der Waals surface area contributed by atoms with Gasteiger partial charge in [-0.15, -0.1) is 0 Å². The fourth-order valence-corrected chi connectivity index (χ4v) is 3.56. The van der Waals surface area contributed by atoms with Crippen LogP contribution in [0.3, 0.4) is 0 Å². The molecule has 0 atom stereocenters. The van der Waals surface area contributed by atoms with Crippen molar-refractivity contribution >= 4 is 17.6 Å². The van der Waals surface area contributed by atoms with Gasteiger partial charge in [0.2, 0.25) is 5.91 Å². The maximum absolute atomic E-state index is 14.4. The smallest absolute Gasteiger partial charge is 0.306 e. The zero-order valence-electron chi connectivity index (χ0n) is 16.9. The van der Waals surface area contributed by atoms with E-state index in [0.717, 1.165) is 24.1 Å². The Bertz CT molecular complexity index is 896. The topological polar surface area (TPSA) is 55.8 Å². The van der Waals surface area contributed by atoms with Gasteiger partial charge in [0.1, 0.15) is 18.2 Å². The van der Waals surface area contributed by atoms with Gasteiger partial charge in [0.15, 0.2) is 0 Å². The molecule has 0 N–H and O–H groups in total. The number of halogens is 1. The van der Waals surface area contributed by atoms with E-state index in [2.05, 4.69) is 0 Å². The fraction of sp³-hybridized carbons (Fsp3) is 0.391. The van der Waals surface area contributed by atoms with E-state index in [-0.39, 0.29) is 30.7 Å². The Morgan fingerprint density at radius 1 is 1.21 bits per heavy atom. The van der Waals surface area contributed by atoms with E-state index in [1.807, 2.05) is 18.2 Å². The minimum atomic E-state index is -0.365. The summed E-state index contributed by atoms with van der Waals surface area (Å²) in [5.74, 6) is -0.0813. The van der Waals surface area contributed by atoms with E-state index in [1.165, 1.54) is 6.07 Å². The largest absolute Gasteiger partial charge is 0.487 e. The molecule has 2 aromatic carbocycles. The summed E-state index contributed by atoms with van der Waals surface area (Å²) in [7, 11) is 0. The standard InChI is InChI=1S/C23H26FNO4/c1-3-28-22(27)12-11-18-10-9-17(14-20(18)24)15-29-21-8-4-6-19-7-5-13-25(16(2)26)23(19)21/h4,6,8-10,14H,3,5,7,11-13,15H2,1-2H3. The fourth-order valence-electron chi connectivity index (χ4n) is 3.56. The number of hydrogen-bond donors (Lipinski definition) is 0. The summed E-state index contributed by atoms with van der Waals surface area (Å²) >= 11 is 0. The predicted octanol–water partition coefficient (Wildman–Crippen LogP) is 4.20. The van der Waals surface area contributed by atoms with E-state index < -0.39 is 0 Å². The monoisotopic (exact) mass is 399 g/mol. The number of nitrogens with zero attached hydrogens (tertiary/aromatic N) is 1. The molecule has 0 bridgehead atoms. The molecule has 0 saturated heterocycles. The molecule has 3 rings (SSSR count). The molecule has 1 heterocycles. The van der Waals surface area contributed by atoms with Gasteiger partial charge >= 0.3 is 5.97 Å². The second kappa shape index (κ2) is 9.54. The van der Waals surface area contributed by atoms with Crippen LogP contribution in [0.15, 0.2) is 36.4 Å². The number of benzene rings is 2. The third-order valence-corrected chi connectivity index (χ3v) is 4.98. The van der Waals surface area contributed by atoms with Crippen LogP contribution in [0.25, 0.3) is 0 Å². The number of esters is 1. The Kier molecular flexibility index (Phi) is 6.86. The highest BCUT2D eigenvalue weighted by Gasteiger charge is 2.23. The molecule has 0 spiro atoms. The Balaban J connectivity index is 1.69. The summed E-state index contributed by atoms with van der Waals surface area (Å²) in [4.78, 5) is 25.2. The summed E-state index contributed by atoms with van der Waals surface area (Å²) < 4.78 is 25.2. The first-order chi connectivity index (χ1) is 14.0. The Morgan fingerprint density at radius 3 is 2.76 bits per heavy atom. The van der Waals surface area contributed by atoms with E-state index in [1.54, 1.807) is 30.9 Å². The molecule has 0 unspecified atom stereocenters. The van der Waals surface area contributed by atoms with Crippen LogP contribution in [0.4, 0.5) is 10.1 Å². The lowest BCUT2D eigenvalue weighted by molar-refractivity contribution is -0.143. The van der Waals surface area contributed by atoms with Gasteiger partial charge in [0.05, 0.1) is 12.3 Å². The van der Waals surface area contributed by atoms with Crippen molar-refractivity contribution in [2.24, 2.45) is 0 Å². The number of fused-ring (bicyclic) bond motifs is 1. The van der Waals surface area contributed by atoms with Crippen LogP contribution in [0.5, 0.6) is 5.75 Å². The first kappa shape index (κ1) is 20.8. The van der Waals surface area contributed by atoms with Gasteiger partial charge in [-0.1, -0.05) is 24.3 Å². The van der Waals surface area contributed by atoms with Crippen LogP contribution in [-0.4, -0.2) is 25.0 Å². The molecular formula is C23H26FNO4. The number of aryl methyl sites for hydroxylation is 2. The molecule has 1 amide bonds. The third kappa shape index (κ3) is 5.13. The number of anilines is 1. The molecule has 29 heavy (non-hydrogen) atoms. The normalized spacial score (nSPS) is 13.0. The maximum atomic E-state index is 14.4. The van der Waals surface area contributed by atoms with Crippen molar-refractivity contribution in [3.8, 4) is 5.75 Å². The van der Waals surface area contributed by atoms with Crippen molar-refractivity contribution in [3.05, 3.63) is 58.9 Å². The first-order valence-corrected chi connectivity index (χ1v) is 9.95. The molecular weight excluding hydrogens is 373 g/mol. The highest BCUT2D eigenvalue weighted by atomic mass is 19.1. The number of hydrogen-bond acceptors (Lipinski definition) is 4. The van der Waals surface area contributed by atoms with Crippen molar-refractivity contribution in [1.82, 2.24) is 0 Å². The lowest BCUT2D eigenvalue weighted by Gasteiger charge is -2.30. The molecule has 154 valence electrons. The molecule has 0 fully saturated rings. The van der Waals surface area contributed by atoms with Crippen molar-refractivity contribution in [3.63, 3.8) is 0 Å². The minimum absolute atomic E-state index is 0.0148. The Hall–Kier alpha value is -2.89. The van der Waals surface area contributed by atoms with Crippen molar-refractivity contribution < 1.29 is 23.5 Å². The lowest BCUT2D eigenvalue weighted by atomic mass is 10.0. The molecule has 2 aromatic rings. The van der Waals surface area contributed by atoms with Crippen molar-refractivity contribution in [2.75, 3.05) is 18.1 Å². The molecule has 0 aromatic heterocycles. The molecule has 5 nitrogen and oxygen atoms in total. The second-order valence-corrected chi connectivity index (χ2v) is 7.06. The van der Waals surface area contributed by atoms with Crippen LogP contribution in [-0.2, 0) is 33.8 Å². The van der Waals surface area contributed by atoms with Crippen LogP contribution in [0.2, 0.25) is 0 Å². The minimum Gasteiger partial charge on any atom is -0.487 e. The summed E-state index contributed by atoms with van der Waals surface area (Å²) in [6, 6.07) is 10.7. The van der Waals surface area contributed by atoms with Gasteiger partial charge in [-0.3, -0.25) is 9.59 Å². The third-order valence-electron chi connectivity index (χ3n) is 4.98. The SMILES string of the molecule is CCOC(=O)CCc1ccc(COc2cccc3c2N(C(C)=O)CCC3)cc1F. The van der Waals surface area contributed by atoms with Crippen molar-refractivity contribution in [1.29, 1.82) is 0 Å². The number of rotatable bonds is 7. The average molecular weight is 399 g/mol. The highest BCUT2D eigenvalue weighted by Crippen LogP contribution is 2.36. The molecule has 0 aliphatic carbocycles. The van der Waals surface area contributed by atoms with E-state index >= 15 is 0 Å². The molecule has 0 saturated carbocycles. The molecule has 1 aliphatic heterocycles. The lowest BCUT2D eigenvalue weighted by Crippen LogP contribution is -2.33. The summed E-state index contributed by atoms with van der Waals surface area (Å²) in [5, 5.41) is 0. The van der Waals surface area contributed by atoms with E-state index in [0.29, 0.717) is 36.4 Å². The number of carbonyl (C=O) groups excluding carboxylic acids is 2. The molecule has 1 aliphatic rings. The van der Waals surface area contributed by atoms with Crippen molar-refractivity contribution in [2.45, 2.75) is 46.1 Å². The number of ether oxygens (including phenoxy) is 2. The Morgan fingerprint density at radius 2 is 2.03 bits per heavy atom. The number of para-hydroxylation sites is 1. The average Bonchev–Trinajstić information content (AvgIpc) is 2.71. The van der Waals surface area contributed by atoms with Crippen LogP contribution < -0.4 is 9.64 Å². The maximum Gasteiger partial charge on any atom is 0.306 e. The zero-order chi connectivity index (χ0) is 20.8. The van der Waals surface area contributed by atoms with Crippen LogP contribution in [0.1, 0.15) is 43.4 Å². The van der Waals surface area contributed by atoms with Gasteiger partial charge in [0, 0.05) is 19.9 Å². The van der Waals surface area contributed by atoms with Crippen LogP contribution >= 0.6 is 0 Å². The second-order valence-electron chi connectivity index (χ2n) is 7.06. The van der Waals surface area contributed by atoms with E-state index in [4.69, 9.17) is 9.47 Å². The Labute approximate surface area is 170 Å². The first-order valence-electron chi connectivity index (χ1n) is 9.95. The van der Waals surface area contributed by atoms with Gasteiger partial charge in [-0.05, 0) is 55.0 Å². The predicted molar refractivity (Wildman–Crippen MR) is 108 cm³/mol. The van der Waals surface area contributed by atoms with E-state index in [9.17, 15) is 14.0 Å². The van der Waals surface area contributed by atoms with Gasteiger partial charge in [-0.25, -0.2) is 4.39 Å². The molecule has 0 radical (unpaired) electrons. The summed E-state index contributed by atoms with van der Waals surface area (Å²) in [5.41, 5.74) is 3.06. The van der Waals surface area contributed by atoms with Gasteiger partial charge in [-0.2, -0.15) is 0 Å². The van der Waals surface area contributed by atoms with Crippen LogP contribution in [0, 0.1) is 5.82 Å². The number of carbonyl (C=O) groups is 2.